The van der Waals surface area contributed by atoms with Gasteiger partial charge in [0.1, 0.15) is 0 Å². The molecule has 0 unspecified atom stereocenters. The van der Waals surface area contributed by atoms with Gasteiger partial charge in [-0.2, -0.15) is 28.5 Å². The second kappa shape index (κ2) is 8.11. The molecular weight excluding hydrogens is 477 g/mol. The molecule has 0 spiro atoms. The molecule has 2 amide bonds. The molecule has 3 aromatic rings. The first kappa shape index (κ1) is 21.9. The number of hydrogen-bond donors (Lipinski definition) is 3. The highest BCUT2D eigenvalue weighted by Gasteiger charge is 2.41. The van der Waals surface area contributed by atoms with Crippen LogP contribution in [0.4, 0.5) is 24.7 Å². The third-order valence-electron chi connectivity index (χ3n) is 5.14. The third kappa shape index (κ3) is 3.74. The Labute approximate surface area is 194 Å². The zero-order valence-electron chi connectivity index (χ0n) is 17.0. The lowest BCUT2D eigenvalue weighted by atomic mass is 10.1. The minimum absolute atomic E-state index is 0.0509. The van der Waals surface area contributed by atoms with Crippen LogP contribution >= 0.6 is 11.6 Å². The van der Waals surface area contributed by atoms with Crippen LogP contribution in [-0.4, -0.2) is 39.3 Å². The minimum Gasteiger partial charge on any atom is -0.348 e. The van der Waals surface area contributed by atoms with Crippen molar-refractivity contribution in [2.24, 2.45) is 5.10 Å². The van der Waals surface area contributed by atoms with Crippen molar-refractivity contribution in [1.29, 1.82) is 0 Å². The summed E-state index contributed by atoms with van der Waals surface area (Å²) in [6.07, 6.45) is -1.25. The first-order valence-electron chi connectivity index (χ1n) is 9.82. The summed E-state index contributed by atoms with van der Waals surface area (Å²) >= 11 is 6.19. The van der Waals surface area contributed by atoms with Crippen molar-refractivity contribution in [2.75, 3.05) is 17.0 Å². The van der Waals surface area contributed by atoms with E-state index >= 15 is 0 Å². The SMILES string of the molecule is O=C1NCc2c1cccc2-n1ncc(C(=O)Nc2cnc(N3N=CCN3)c(Cl)c2)c1C(F)(F)F. The molecule has 2 aromatic heterocycles. The van der Waals surface area contributed by atoms with Gasteiger partial charge < -0.3 is 10.6 Å². The summed E-state index contributed by atoms with van der Waals surface area (Å²) < 4.78 is 42.8. The van der Waals surface area contributed by atoms with Crippen LogP contribution in [0.3, 0.4) is 0 Å². The molecule has 10 nitrogen and oxygen atoms in total. The molecule has 0 saturated heterocycles. The van der Waals surface area contributed by atoms with E-state index in [1.807, 2.05) is 0 Å². The second-order valence-electron chi connectivity index (χ2n) is 7.26. The molecule has 174 valence electrons. The Kier molecular flexibility index (Phi) is 5.21. The Balaban J connectivity index is 1.49. The number of carbonyl (C=O) groups excluding carboxylic acids is 2. The van der Waals surface area contributed by atoms with Gasteiger partial charge >= 0.3 is 6.18 Å². The highest BCUT2D eigenvalue weighted by molar-refractivity contribution is 6.33. The first-order chi connectivity index (χ1) is 16.2. The van der Waals surface area contributed by atoms with E-state index in [1.54, 1.807) is 6.21 Å². The maximum Gasteiger partial charge on any atom is 0.434 e. The van der Waals surface area contributed by atoms with Gasteiger partial charge in [0.2, 0.25) is 0 Å². The van der Waals surface area contributed by atoms with Crippen LogP contribution in [0, 0.1) is 0 Å². The number of halogens is 4. The van der Waals surface area contributed by atoms with E-state index < -0.39 is 29.2 Å². The van der Waals surface area contributed by atoms with Gasteiger partial charge in [-0.25, -0.2) is 15.1 Å². The Morgan fingerprint density at radius 3 is 2.76 bits per heavy atom. The van der Waals surface area contributed by atoms with Gasteiger partial charge in [-0.1, -0.05) is 17.7 Å². The summed E-state index contributed by atoms with van der Waals surface area (Å²) in [5.74, 6) is -1.18. The summed E-state index contributed by atoms with van der Waals surface area (Å²) in [6.45, 7) is 0.533. The maximum absolute atomic E-state index is 14.1. The number of anilines is 2. The molecule has 1 aromatic carbocycles. The number of pyridine rings is 1. The fourth-order valence-corrected chi connectivity index (χ4v) is 3.93. The van der Waals surface area contributed by atoms with Gasteiger partial charge in [0.15, 0.2) is 11.5 Å². The van der Waals surface area contributed by atoms with Crippen LogP contribution in [0.15, 0.2) is 41.8 Å². The molecule has 0 bridgehead atoms. The number of hydrazone groups is 1. The number of hydrogen-bond acceptors (Lipinski definition) is 7. The van der Waals surface area contributed by atoms with Crippen LogP contribution in [0.25, 0.3) is 5.69 Å². The quantitative estimate of drug-likeness (QED) is 0.518. The van der Waals surface area contributed by atoms with Gasteiger partial charge in [0, 0.05) is 23.9 Å². The van der Waals surface area contributed by atoms with E-state index in [-0.39, 0.29) is 34.3 Å². The van der Waals surface area contributed by atoms with Crippen LogP contribution in [-0.2, 0) is 12.7 Å². The van der Waals surface area contributed by atoms with E-state index in [1.165, 1.54) is 35.6 Å². The molecule has 4 heterocycles. The van der Waals surface area contributed by atoms with Gasteiger partial charge in [0.25, 0.3) is 11.8 Å². The molecule has 2 aliphatic heterocycles. The number of nitrogens with zero attached hydrogens (tertiary/aromatic N) is 5. The van der Waals surface area contributed by atoms with Gasteiger partial charge in [0.05, 0.1) is 40.9 Å². The summed E-state index contributed by atoms with van der Waals surface area (Å²) in [6, 6.07) is 5.71. The fourth-order valence-electron chi connectivity index (χ4n) is 3.68. The van der Waals surface area contributed by atoms with Gasteiger partial charge in [-0.15, -0.1) is 0 Å². The lowest BCUT2D eigenvalue weighted by molar-refractivity contribution is -0.143. The predicted octanol–water partition coefficient (Wildman–Crippen LogP) is 2.75. The molecule has 2 aliphatic rings. The maximum atomic E-state index is 14.1. The van der Waals surface area contributed by atoms with Crippen LogP contribution in [0.1, 0.15) is 32.0 Å². The average molecular weight is 491 g/mol. The Hall–Kier alpha value is -3.97. The van der Waals surface area contributed by atoms with E-state index in [0.29, 0.717) is 16.8 Å². The second-order valence-corrected chi connectivity index (χ2v) is 7.67. The van der Waals surface area contributed by atoms with Crippen molar-refractivity contribution >= 4 is 41.1 Å². The standard InChI is InChI=1S/C20H14ClF3N8O2/c21-14-6-10(7-25-17(14)32-27-4-5-28-32)30-19(34)13-9-29-31(16(13)20(22,23)24)15-3-1-2-11-12(15)8-26-18(11)33/h1-4,6-7,9,28H,5,8H2,(H,26,33)(H,30,34). The molecule has 0 saturated carbocycles. The number of carbonyl (C=O) groups is 2. The fraction of sp³-hybridized carbons (Fsp3) is 0.150. The number of rotatable bonds is 4. The lowest BCUT2D eigenvalue weighted by Crippen LogP contribution is -2.29. The molecule has 0 atom stereocenters. The number of hydrazine groups is 1. The monoisotopic (exact) mass is 490 g/mol. The molecular formula is C20H14ClF3N8O2. The third-order valence-corrected chi connectivity index (χ3v) is 5.42. The van der Waals surface area contributed by atoms with Crippen molar-refractivity contribution in [3.63, 3.8) is 0 Å². The molecule has 0 aliphatic carbocycles. The van der Waals surface area contributed by atoms with Gasteiger partial charge in [-0.3, -0.25) is 9.59 Å². The van der Waals surface area contributed by atoms with Crippen LogP contribution in [0.2, 0.25) is 5.02 Å². The Morgan fingerprint density at radius 1 is 1.24 bits per heavy atom. The summed E-state index contributed by atoms with van der Waals surface area (Å²) in [4.78, 5) is 28.8. The largest absolute Gasteiger partial charge is 0.434 e. The van der Waals surface area contributed by atoms with E-state index in [2.05, 4.69) is 31.2 Å². The number of nitrogens with one attached hydrogen (secondary N) is 3. The average Bonchev–Trinajstić information content (AvgIpc) is 3.53. The highest BCUT2D eigenvalue weighted by Crippen LogP contribution is 2.36. The molecule has 0 fully saturated rings. The zero-order valence-corrected chi connectivity index (χ0v) is 17.8. The van der Waals surface area contributed by atoms with Crippen molar-refractivity contribution in [1.82, 2.24) is 25.5 Å². The minimum atomic E-state index is -4.92. The van der Waals surface area contributed by atoms with Crippen molar-refractivity contribution in [3.8, 4) is 5.69 Å². The van der Waals surface area contributed by atoms with Gasteiger partial charge in [-0.05, 0) is 18.2 Å². The Bertz CT molecular complexity index is 1350. The summed E-state index contributed by atoms with van der Waals surface area (Å²) in [7, 11) is 0. The topological polar surface area (TPSA) is 117 Å². The summed E-state index contributed by atoms with van der Waals surface area (Å²) in [5.41, 5.74) is 1.65. The smallest absolute Gasteiger partial charge is 0.348 e. The van der Waals surface area contributed by atoms with E-state index in [9.17, 15) is 22.8 Å². The lowest BCUT2D eigenvalue weighted by Gasteiger charge is -2.16. The molecule has 14 heteroatoms. The van der Waals surface area contributed by atoms with Crippen molar-refractivity contribution in [3.05, 3.63) is 64.1 Å². The highest BCUT2D eigenvalue weighted by atomic mass is 35.5. The normalized spacial score (nSPS) is 14.9. The van der Waals surface area contributed by atoms with Crippen LogP contribution in [0.5, 0.6) is 0 Å². The number of amides is 2. The molecule has 5 rings (SSSR count). The van der Waals surface area contributed by atoms with Crippen molar-refractivity contribution < 1.29 is 22.8 Å². The number of fused-ring (bicyclic) bond motifs is 1. The molecule has 0 radical (unpaired) electrons. The first-order valence-corrected chi connectivity index (χ1v) is 10.2. The molecule has 34 heavy (non-hydrogen) atoms. The van der Waals surface area contributed by atoms with E-state index in [0.717, 1.165) is 6.20 Å². The van der Waals surface area contributed by atoms with Crippen molar-refractivity contribution in [2.45, 2.75) is 12.7 Å². The molecule has 3 N–H and O–H groups in total. The number of aromatic nitrogens is 3. The van der Waals surface area contributed by atoms with Crippen LogP contribution < -0.4 is 21.2 Å². The predicted molar refractivity (Wildman–Crippen MR) is 116 cm³/mol. The van der Waals surface area contributed by atoms with E-state index in [4.69, 9.17) is 11.6 Å². The summed E-state index contributed by atoms with van der Waals surface area (Å²) in [5, 5.41) is 14.2. The zero-order chi connectivity index (χ0) is 24.0. The Morgan fingerprint density at radius 2 is 2.06 bits per heavy atom. The number of alkyl halides is 3. The number of benzene rings is 1.